The van der Waals surface area contributed by atoms with Crippen molar-refractivity contribution in [3.05, 3.63) is 49.6 Å². The van der Waals surface area contributed by atoms with Crippen molar-refractivity contribution < 1.29 is 19.5 Å². The van der Waals surface area contributed by atoms with E-state index >= 15 is 0 Å². The van der Waals surface area contributed by atoms with E-state index in [9.17, 15) is 24.4 Å². The molecule has 0 spiro atoms. The number of nitroso groups, excluding NO2 is 1. The van der Waals surface area contributed by atoms with E-state index in [1.807, 2.05) is 13.1 Å². The summed E-state index contributed by atoms with van der Waals surface area (Å²) in [5.74, 6) is -1.11. The van der Waals surface area contributed by atoms with Gasteiger partial charge in [0.25, 0.3) is 11.8 Å². The van der Waals surface area contributed by atoms with Crippen LogP contribution in [0.1, 0.15) is 30.3 Å². The van der Waals surface area contributed by atoms with Gasteiger partial charge < -0.3 is 21.5 Å². The molecule has 2 aliphatic rings. The summed E-state index contributed by atoms with van der Waals surface area (Å²) in [6, 6.07) is 0.512. The van der Waals surface area contributed by atoms with Crippen LogP contribution in [-0.4, -0.2) is 69.2 Å². The predicted molar refractivity (Wildman–Crippen MR) is 147 cm³/mol. The molecule has 1 fully saturated rings. The van der Waals surface area contributed by atoms with E-state index < -0.39 is 35.9 Å². The number of hydrogen-bond donors (Lipinski definition) is 4. The Morgan fingerprint density at radius 1 is 1.45 bits per heavy atom. The number of nitrogens with two attached hydrogens (primary N) is 1. The molecule has 4 heterocycles. The number of nitrogens with one attached hydrogen (secondary N) is 2. The lowest BCUT2D eigenvalue weighted by Gasteiger charge is -2.50. The molecule has 0 aliphatic carbocycles. The molecule has 4 rings (SSSR count). The highest BCUT2D eigenvalue weighted by Crippen LogP contribution is 2.44. The predicted octanol–water partition coefficient (Wildman–Crippen LogP) is 2.61. The summed E-state index contributed by atoms with van der Waals surface area (Å²) in [5.41, 5.74) is 6.23. The maximum atomic E-state index is 13.0. The van der Waals surface area contributed by atoms with Gasteiger partial charge in [-0.3, -0.25) is 19.5 Å². The monoisotopic (exact) mass is 597 g/mol. The molecule has 12 nitrogen and oxygen atoms in total. The minimum atomic E-state index is -1.59. The lowest BCUT2D eigenvalue weighted by molar-refractivity contribution is -0.156. The number of halogens is 1. The molecule has 16 heteroatoms. The molecule has 2 aromatic heterocycles. The van der Waals surface area contributed by atoms with Crippen LogP contribution in [0.25, 0.3) is 0 Å². The van der Waals surface area contributed by atoms with Crippen molar-refractivity contribution >= 4 is 69.4 Å². The molecular formula is C22H24ClN7O5S3. The van der Waals surface area contributed by atoms with Gasteiger partial charge in [-0.1, -0.05) is 34.7 Å². The lowest BCUT2D eigenvalue weighted by atomic mass is 9.86. The van der Waals surface area contributed by atoms with Crippen molar-refractivity contribution in [1.82, 2.24) is 25.5 Å². The molecule has 0 bridgehead atoms. The summed E-state index contributed by atoms with van der Waals surface area (Å²) < 4.78 is 0.0504. The molecule has 0 saturated carbocycles. The number of fused-ring (bicyclic) bond motifs is 1. The first-order chi connectivity index (χ1) is 18.3. The fraction of sp³-hybridized carbons (Fsp3) is 0.409. The standard InChI is InChI=1S/C22H24ClN7O5S3/c1-25-7-8-36-9-10-12(3-2-6-26-10)37-13-5-4-11-14(20(32)30(11)17(13)21(33)34)27-19(31)16(29-35)15-18(23)38-22(24)28-15/h2-3,6,11,14,16,25H,4-5,7-9H2,1H3,(H2,24,28)(H,27,31)(H,33,34)/t11-,14+,16?/m1/s1. The zero-order valence-electron chi connectivity index (χ0n) is 20.0. The second-order valence-corrected chi connectivity index (χ2v) is 12.2. The maximum absolute atomic E-state index is 13.0. The summed E-state index contributed by atoms with van der Waals surface area (Å²) in [4.78, 5) is 60.4. The van der Waals surface area contributed by atoms with Gasteiger partial charge in [0.15, 0.2) is 5.13 Å². The Kier molecular flexibility index (Phi) is 9.25. The minimum Gasteiger partial charge on any atom is -0.477 e. The largest absolute Gasteiger partial charge is 0.477 e. The van der Waals surface area contributed by atoms with E-state index in [-0.39, 0.29) is 20.9 Å². The third-order valence-corrected chi connectivity index (χ3v) is 9.27. The van der Waals surface area contributed by atoms with Crippen molar-refractivity contribution in [2.75, 3.05) is 25.1 Å². The van der Waals surface area contributed by atoms with Gasteiger partial charge in [0, 0.05) is 34.0 Å². The number of β-lactam (4-membered cyclic amide) rings is 1. The topological polar surface area (TPSA) is 180 Å². The van der Waals surface area contributed by atoms with E-state index in [4.69, 9.17) is 17.3 Å². The quantitative estimate of drug-likeness (QED) is 0.160. The number of rotatable bonds is 12. The first kappa shape index (κ1) is 28.3. The summed E-state index contributed by atoms with van der Waals surface area (Å²) in [6.07, 6.45) is 2.51. The van der Waals surface area contributed by atoms with Gasteiger partial charge >= 0.3 is 5.97 Å². The second kappa shape index (κ2) is 12.4. The van der Waals surface area contributed by atoms with Gasteiger partial charge in [0.05, 0.1) is 11.7 Å². The smallest absolute Gasteiger partial charge is 0.353 e. The van der Waals surface area contributed by atoms with Gasteiger partial charge in [0.1, 0.15) is 21.8 Å². The Balaban J connectivity index is 1.50. The number of carbonyl (C=O) groups excluding carboxylic acids is 2. The van der Waals surface area contributed by atoms with Crippen LogP contribution in [0.2, 0.25) is 4.34 Å². The molecular weight excluding hydrogens is 574 g/mol. The number of nitrogen functional groups attached to an aromatic ring is 1. The van der Waals surface area contributed by atoms with E-state index in [0.29, 0.717) is 23.5 Å². The van der Waals surface area contributed by atoms with Gasteiger partial charge in [-0.15, -0.1) is 4.91 Å². The highest BCUT2D eigenvalue weighted by molar-refractivity contribution is 8.03. The number of carboxylic acids is 1. The van der Waals surface area contributed by atoms with Crippen LogP contribution >= 0.6 is 46.5 Å². The number of amides is 2. The number of carboxylic acid groups (broad SMARTS) is 1. The number of aromatic nitrogens is 2. The Hall–Kier alpha value is -2.72. The number of hydrogen-bond acceptors (Lipinski definition) is 12. The maximum Gasteiger partial charge on any atom is 0.353 e. The van der Waals surface area contributed by atoms with Crippen LogP contribution in [0, 0.1) is 4.91 Å². The summed E-state index contributed by atoms with van der Waals surface area (Å²) in [5, 5.41) is 18.5. The molecule has 2 aromatic rings. The van der Waals surface area contributed by atoms with Crippen LogP contribution in [0.5, 0.6) is 0 Å². The Bertz CT molecular complexity index is 1290. The number of anilines is 1. The van der Waals surface area contributed by atoms with Gasteiger partial charge in [-0.05, 0) is 37.2 Å². The number of carbonyl (C=O) groups is 3. The molecule has 38 heavy (non-hydrogen) atoms. The fourth-order valence-electron chi connectivity index (χ4n) is 4.18. The van der Waals surface area contributed by atoms with Crippen molar-refractivity contribution in [2.24, 2.45) is 5.18 Å². The first-order valence-corrected chi connectivity index (χ1v) is 14.6. The van der Waals surface area contributed by atoms with Gasteiger partial charge in [0.2, 0.25) is 6.04 Å². The van der Waals surface area contributed by atoms with Gasteiger partial charge in [-0.2, -0.15) is 11.8 Å². The van der Waals surface area contributed by atoms with Crippen LogP contribution in [0.3, 0.4) is 0 Å². The van der Waals surface area contributed by atoms with Crippen molar-refractivity contribution in [2.45, 2.75) is 41.6 Å². The van der Waals surface area contributed by atoms with Crippen LogP contribution in [0.4, 0.5) is 5.13 Å². The van der Waals surface area contributed by atoms with E-state index in [2.05, 4.69) is 25.8 Å². The number of nitrogens with zero attached hydrogens (tertiary/aromatic N) is 4. The molecule has 0 aromatic carbocycles. The molecule has 0 radical (unpaired) electrons. The molecule has 5 N–H and O–H groups in total. The van der Waals surface area contributed by atoms with E-state index in [0.717, 1.165) is 34.2 Å². The van der Waals surface area contributed by atoms with Crippen molar-refractivity contribution in [1.29, 1.82) is 0 Å². The Morgan fingerprint density at radius 3 is 2.89 bits per heavy atom. The molecule has 2 aliphatic heterocycles. The number of pyridine rings is 1. The van der Waals surface area contributed by atoms with Crippen LogP contribution in [0.15, 0.2) is 39.0 Å². The van der Waals surface area contributed by atoms with Crippen LogP contribution in [-0.2, 0) is 20.1 Å². The molecule has 1 unspecified atom stereocenters. The Morgan fingerprint density at radius 2 is 2.24 bits per heavy atom. The minimum absolute atomic E-state index is 0.0504. The first-order valence-electron chi connectivity index (χ1n) is 11.4. The fourth-order valence-corrected chi connectivity index (χ4v) is 7.32. The number of aliphatic carboxylic acids is 1. The number of thioether (sulfide) groups is 2. The van der Waals surface area contributed by atoms with Crippen molar-refractivity contribution in [3.63, 3.8) is 0 Å². The normalized spacial score (nSPS) is 19.5. The second-order valence-electron chi connectivity index (χ2n) is 8.30. The molecule has 2 amide bonds. The highest BCUT2D eigenvalue weighted by Gasteiger charge is 2.54. The van der Waals surface area contributed by atoms with Crippen molar-refractivity contribution in [3.8, 4) is 0 Å². The zero-order chi connectivity index (χ0) is 27.4. The number of allylic oxidation sites excluding steroid dienone is 1. The molecule has 1 saturated heterocycles. The van der Waals surface area contributed by atoms with Crippen LogP contribution < -0.4 is 16.4 Å². The van der Waals surface area contributed by atoms with Gasteiger partial charge in [-0.25, -0.2) is 9.78 Å². The summed E-state index contributed by atoms with van der Waals surface area (Å²) in [6.45, 7) is 0.860. The third-order valence-electron chi connectivity index (χ3n) is 5.95. The highest BCUT2D eigenvalue weighted by atomic mass is 35.5. The molecule has 202 valence electrons. The third kappa shape index (κ3) is 5.81. The molecule has 3 atom stereocenters. The SMILES string of the molecule is CNCCSCc1ncccc1SC1=C(C(=O)O)N2C(=O)[C@@H](NC(=O)C(N=O)c3nc(N)sc3Cl)[C@H]2CC1. The van der Waals surface area contributed by atoms with E-state index in [1.54, 1.807) is 24.0 Å². The zero-order valence-corrected chi connectivity index (χ0v) is 23.3. The number of thiazole rings is 1. The average molecular weight is 598 g/mol. The Labute approximate surface area is 235 Å². The average Bonchev–Trinajstić information content (AvgIpc) is 3.23. The summed E-state index contributed by atoms with van der Waals surface area (Å²) >= 11 is 9.92. The summed E-state index contributed by atoms with van der Waals surface area (Å²) in [7, 11) is 1.89. The van der Waals surface area contributed by atoms with E-state index in [1.165, 1.54) is 16.7 Å². The lowest BCUT2D eigenvalue weighted by Crippen LogP contribution is -2.71.